The number of hydrogen-bond acceptors (Lipinski definition) is 8. The molecular weight excluding hydrogens is 346 g/mol. The second-order valence-corrected chi connectivity index (χ2v) is 6.46. The normalized spacial score (nSPS) is 15.8. The summed E-state index contributed by atoms with van der Waals surface area (Å²) in [5.41, 5.74) is 1.67. The van der Waals surface area contributed by atoms with Crippen LogP contribution in [0.15, 0.2) is 40.9 Å². The van der Waals surface area contributed by atoms with Crippen molar-refractivity contribution in [2.45, 2.75) is 20.0 Å². The molecule has 3 aromatic rings. The molecule has 8 nitrogen and oxygen atoms in total. The van der Waals surface area contributed by atoms with Crippen molar-refractivity contribution >= 4 is 28.9 Å². The Morgan fingerprint density at radius 3 is 2.59 bits per heavy atom. The first-order chi connectivity index (χ1) is 13.1. The summed E-state index contributed by atoms with van der Waals surface area (Å²) in [5, 5.41) is 0. The Labute approximate surface area is 156 Å². The van der Waals surface area contributed by atoms with Crippen LogP contribution >= 0.6 is 0 Å². The number of rotatable bonds is 4. The zero-order valence-corrected chi connectivity index (χ0v) is 15.3. The molecule has 1 atom stereocenters. The molecule has 0 amide bonds. The number of para-hydroxylation sites is 2. The van der Waals surface area contributed by atoms with Crippen molar-refractivity contribution in [3.05, 3.63) is 42.4 Å². The number of esters is 1. The molecule has 3 heterocycles. The van der Waals surface area contributed by atoms with E-state index in [1.165, 1.54) is 6.92 Å². The third-order valence-electron chi connectivity index (χ3n) is 4.52. The minimum Gasteiger partial charge on any atom is -0.455 e. The van der Waals surface area contributed by atoms with Crippen molar-refractivity contribution in [3.63, 3.8) is 0 Å². The smallest absolute Gasteiger partial charge is 0.303 e. The van der Waals surface area contributed by atoms with Gasteiger partial charge in [-0.2, -0.15) is 4.98 Å². The zero-order valence-electron chi connectivity index (χ0n) is 15.3. The quantitative estimate of drug-likeness (QED) is 0.651. The van der Waals surface area contributed by atoms with Gasteiger partial charge in [0.25, 0.3) is 6.01 Å². The van der Waals surface area contributed by atoms with Crippen molar-refractivity contribution < 1.29 is 13.9 Å². The fourth-order valence-electron chi connectivity index (χ4n) is 3.16. The summed E-state index contributed by atoms with van der Waals surface area (Å²) in [7, 11) is 0. The summed E-state index contributed by atoms with van der Waals surface area (Å²) in [6.45, 7) is 6.29. The number of carbonyl (C=O) groups is 1. The maximum Gasteiger partial charge on any atom is 0.303 e. The summed E-state index contributed by atoms with van der Waals surface area (Å²) in [4.78, 5) is 28.8. The summed E-state index contributed by atoms with van der Waals surface area (Å²) in [5.74, 6) is 0.990. The molecule has 0 unspecified atom stereocenters. The minimum atomic E-state index is -0.469. The lowest BCUT2D eigenvalue weighted by molar-refractivity contribution is -0.146. The molecule has 0 bridgehead atoms. The molecule has 1 aromatic carbocycles. The van der Waals surface area contributed by atoms with Crippen LogP contribution in [0.4, 0.5) is 11.8 Å². The van der Waals surface area contributed by atoms with Crippen LogP contribution in [0.3, 0.4) is 0 Å². The van der Waals surface area contributed by atoms with Crippen LogP contribution in [0, 0.1) is 0 Å². The van der Waals surface area contributed by atoms with Crippen molar-refractivity contribution in [1.29, 1.82) is 0 Å². The van der Waals surface area contributed by atoms with Crippen molar-refractivity contribution in [3.8, 4) is 0 Å². The lowest BCUT2D eigenvalue weighted by Gasteiger charge is -2.34. The molecule has 2 aromatic heterocycles. The van der Waals surface area contributed by atoms with Crippen LogP contribution in [0.25, 0.3) is 11.1 Å². The summed E-state index contributed by atoms with van der Waals surface area (Å²) < 4.78 is 11.0. The van der Waals surface area contributed by atoms with Gasteiger partial charge in [0.15, 0.2) is 17.5 Å². The number of ether oxygens (including phenoxy) is 1. The highest BCUT2D eigenvalue weighted by Gasteiger charge is 2.23. The van der Waals surface area contributed by atoms with E-state index < -0.39 is 6.10 Å². The Balaban J connectivity index is 1.44. The van der Waals surface area contributed by atoms with Gasteiger partial charge in [-0.25, -0.2) is 9.97 Å². The molecule has 27 heavy (non-hydrogen) atoms. The zero-order chi connectivity index (χ0) is 18.8. The van der Waals surface area contributed by atoms with E-state index >= 15 is 0 Å². The average molecular weight is 367 g/mol. The molecule has 0 N–H and O–H groups in total. The van der Waals surface area contributed by atoms with Gasteiger partial charge in [-0.3, -0.25) is 4.79 Å². The number of benzene rings is 1. The second kappa shape index (κ2) is 7.22. The molecule has 1 aliphatic rings. The fourth-order valence-corrected chi connectivity index (χ4v) is 3.16. The van der Waals surface area contributed by atoms with Gasteiger partial charge in [0.1, 0.15) is 11.3 Å². The number of aromatic nitrogens is 3. The number of carbonyl (C=O) groups excluding carboxylic acids is 1. The Hall–Kier alpha value is -3.16. The van der Waals surface area contributed by atoms with Gasteiger partial charge in [0, 0.05) is 39.3 Å². The molecule has 0 spiro atoms. The van der Waals surface area contributed by atoms with Crippen LogP contribution in [-0.4, -0.2) is 47.1 Å². The standard InChI is InChI=1S/C19H21N5O3/c1-13(26-14(2)25)18-20-8-7-17(22-18)23-9-11-24(12-10-23)19-21-15-5-3-4-6-16(15)27-19/h3-8,13H,9-12H2,1-2H3/t13-/m1/s1. The van der Waals surface area contributed by atoms with Crippen LogP contribution in [0.5, 0.6) is 0 Å². The molecule has 0 aliphatic carbocycles. The van der Waals surface area contributed by atoms with Gasteiger partial charge < -0.3 is 19.0 Å². The van der Waals surface area contributed by atoms with Crippen molar-refractivity contribution in [1.82, 2.24) is 15.0 Å². The first-order valence-corrected chi connectivity index (χ1v) is 8.96. The van der Waals surface area contributed by atoms with Gasteiger partial charge in [0.2, 0.25) is 0 Å². The summed E-state index contributed by atoms with van der Waals surface area (Å²) in [6, 6.07) is 10.3. The van der Waals surface area contributed by atoms with Crippen LogP contribution in [-0.2, 0) is 9.53 Å². The molecule has 1 saturated heterocycles. The van der Waals surface area contributed by atoms with E-state index in [1.807, 2.05) is 30.3 Å². The van der Waals surface area contributed by atoms with Gasteiger partial charge in [-0.15, -0.1) is 0 Å². The number of hydrogen-bond donors (Lipinski definition) is 0. The third kappa shape index (κ3) is 3.69. The molecule has 140 valence electrons. The summed E-state index contributed by atoms with van der Waals surface area (Å²) in [6.07, 6.45) is 1.23. The van der Waals surface area contributed by atoms with Crippen LogP contribution in [0.1, 0.15) is 25.8 Å². The monoisotopic (exact) mass is 367 g/mol. The van der Waals surface area contributed by atoms with E-state index in [0.29, 0.717) is 11.8 Å². The largest absolute Gasteiger partial charge is 0.455 e. The number of oxazole rings is 1. The van der Waals surface area contributed by atoms with Crippen LogP contribution in [0.2, 0.25) is 0 Å². The number of anilines is 2. The maximum atomic E-state index is 11.1. The van der Waals surface area contributed by atoms with Crippen molar-refractivity contribution in [2.24, 2.45) is 0 Å². The van der Waals surface area contributed by atoms with Gasteiger partial charge in [-0.05, 0) is 25.1 Å². The predicted octanol–water partition coefficient (Wildman–Crippen LogP) is 2.57. The summed E-state index contributed by atoms with van der Waals surface area (Å²) >= 11 is 0. The third-order valence-corrected chi connectivity index (χ3v) is 4.52. The van der Waals surface area contributed by atoms with Gasteiger partial charge in [-0.1, -0.05) is 12.1 Å². The van der Waals surface area contributed by atoms with E-state index in [4.69, 9.17) is 9.15 Å². The first kappa shape index (κ1) is 17.3. The van der Waals surface area contributed by atoms with E-state index in [1.54, 1.807) is 13.1 Å². The van der Waals surface area contributed by atoms with Gasteiger partial charge in [0.05, 0.1) is 0 Å². The molecule has 8 heteroatoms. The van der Waals surface area contributed by atoms with E-state index in [2.05, 4.69) is 24.8 Å². The van der Waals surface area contributed by atoms with E-state index in [-0.39, 0.29) is 5.97 Å². The number of piperazine rings is 1. The molecule has 0 radical (unpaired) electrons. The maximum absolute atomic E-state index is 11.1. The lowest BCUT2D eigenvalue weighted by atomic mass is 10.3. The van der Waals surface area contributed by atoms with E-state index in [0.717, 1.165) is 43.1 Å². The fraction of sp³-hybridized carbons (Fsp3) is 0.368. The molecular formula is C19H21N5O3. The van der Waals surface area contributed by atoms with Gasteiger partial charge >= 0.3 is 5.97 Å². The molecule has 1 aliphatic heterocycles. The number of nitrogens with zero attached hydrogens (tertiary/aromatic N) is 5. The molecule has 0 saturated carbocycles. The highest BCUT2D eigenvalue weighted by atomic mass is 16.5. The first-order valence-electron chi connectivity index (χ1n) is 8.96. The highest BCUT2D eigenvalue weighted by Crippen LogP contribution is 2.24. The minimum absolute atomic E-state index is 0.344. The Bertz CT molecular complexity index is 916. The Morgan fingerprint density at radius 2 is 1.85 bits per heavy atom. The molecule has 1 fully saturated rings. The molecule has 4 rings (SSSR count). The Kier molecular flexibility index (Phi) is 4.62. The van der Waals surface area contributed by atoms with Crippen LogP contribution < -0.4 is 9.80 Å². The van der Waals surface area contributed by atoms with Crippen molar-refractivity contribution in [2.75, 3.05) is 36.0 Å². The lowest BCUT2D eigenvalue weighted by Crippen LogP contribution is -2.47. The average Bonchev–Trinajstić information content (AvgIpc) is 3.12. The Morgan fingerprint density at radius 1 is 1.11 bits per heavy atom. The SMILES string of the molecule is CC(=O)O[C@H](C)c1nccc(N2CCN(c3nc4ccccc4o3)CC2)n1. The van der Waals surface area contributed by atoms with E-state index in [9.17, 15) is 4.79 Å². The highest BCUT2D eigenvalue weighted by molar-refractivity contribution is 5.74. The predicted molar refractivity (Wildman–Crippen MR) is 101 cm³/mol. The second-order valence-electron chi connectivity index (χ2n) is 6.46. The number of fused-ring (bicyclic) bond motifs is 1. The topological polar surface area (TPSA) is 84.6 Å².